The first-order valence-electron chi connectivity index (χ1n) is 9.77. The molecule has 5 nitrogen and oxygen atoms in total. The summed E-state index contributed by atoms with van der Waals surface area (Å²) in [6, 6.07) is 19.7. The molecule has 0 aliphatic heterocycles. The molecule has 0 spiro atoms. The molecule has 0 bridgehead atoms. The van der Waals surface area contributed by atoms with Gasteiger partial charge in [0, 0.05) is 5.69 Å². The molecule has 1 heterocycles. The molecule has 3 aromatic carbocycles. The van der Waals surface area contributed by atoms with E-state index in [0.29, 0.717) is 16.5 Å². The SMILES string of the molecule is Cc1ccc([S+]([O-])Nc2nc3ccc(C)cc3nc2Nc2cc(C)ccc2C)cc1. The number of aromatic nitrogens is 2. The molecule has 4 rings (SSSR count). The second kappa shape index (κ2) is 8.34. The second-order valence-corrected chi connectivity index (χ2v) is 8.75. The smallest absolute Gasteiger partial charge is 0.214 e. The molecular formula is C24H24N4OS. The van der Waals surface area contributed by atoms with Crippen LogP contribution in [0.15, 0.2) is 65.6 Å². The third-order valence-corrected chi connectivity index (χ3v) is 5.97. The zero-order chi connectivity index (χ0) is 21.3. The Morgan fingerprint density at radius 2 is 1.33 bits per heavy atom. The van der Waals surface area contributed by atoms with Crippen LogP contribution in [-0.4, -0.2) is 14.5 Å². The summed E-state index contributed by atoms with van der Waals surface area (Å²) in [5.74, 6) is 0.994. The Morgan fingerprint density at radius 3 is 2.10 bits per heavy atom. The Kier molecular flexibility index (Phi) is 5.61. The highest BCUT2D eigenvalue weighted by molar-refractivity contribution is 7.92. The highest BCUT2D eigenvalue weighted by Gasteiger charge is 2.18. The van der Waals surface area contributed by atoms with Gasteiger partial charge < -0.3 is 9.87 Å². The van der Waals surface area contributed by atoms with Gasteiger partial charge in [-0.25, -0.2) is 9.97 Å². The van der Waals surface area contributed by atoms with Crippen molar-refractivity contribution in [1.82, 2.24) is 9.97 Å². The molecule has 1 unspecified atom stereocenters. The maximum absolute atomic E-state index is 12.9. The summed E-state index contributed by atoms with van der Waals surface area (Å²) in [6.45, 7) is 8.12. The predicted molar refractivity (Wildman–Crippen MR) is 125 cm³/mol. The molecule has 0 fully saturated rings. The van der Waals surface area contributed by atoms with Crippen molar-refractivity contribution in [3.05, 3.63) is 82.9 Å². The topological polar surface area (TPSA) is 72.9 Å². The number of anilines is 3. The molecule has 152 valence electrons. The highest BCUT2D eigenvalue weighted by atomic mass is 32.2. The van der Waals surface area contributed by atoms with Crippen LogP contribution in [0.1, 0.15) is 22.3 Å². The maximum Gasteiger partial charge on any atom is 0.214 e. The maximum atomic E-state index is 12.9. The van der Waals surface area contributed by atoms with Crippen molar-refractivity contribution in [2.45, 2.75) is 32.6 Å². The van der Waals surface area contributed by atoms with Gasteiger partial charge in [0.2, 0.25) is 5.82 Å². The number of hydrogen-bond donors (Lipinski definition) is 2. The zero-order valence-corrected chi connectivity index (χ0v) is 18.3. The van der Waals surface area contributed by atoms with Crippen molar-refractivity contribution in [1.29, 1.82) is 0 Å². The molecule has 6 heteroatoms. The Hall–Kier alpha value is -3.09. The van der Waals surface area contributed by atoms with Gasteiger partial charge in [0.05, 0.1) is 11.0 Å². The Balaban J connectivity index is 1.76. The summed E-state index contributed by atoms with van der Waals surface area (Å²) >= 11 is -1.46. The van der Waals surface area contributed by atoms with E-state index in [4.69, 9.17) is 9.97 Å². The van der Waals surface area contributed by atoms with Gasteiger partial charge in [-0.2, -0.15) is 4.72 Å². The van der Waals surface area contributed by atoms with E-state index < -0.39 is 11.4 Å². The van der Waals surface area contributed by atoms with Crippen LogP contribution in [0, 0.1) is 27.7 Å². The molecule has 1 aromatic heterocycles. The fourth-order valence-electron chi connectivity index (χ4n) is 3.13. The molecular weight excluding hydrogens is 392 g/mol. The van der Waals surface area contributed by atoms with Crippen LogP contribution in [0.5, 0.6) is 0 Å². The Labute approximate surface area is 179 Å². The van der Waals surface area contributed by atoms with Gasteiger partial charge in [0.25, 0.3) is 0 Å². The second-order valence-electron chi connectivity index (χ2n) is 7.54. The van der Waals surface area contributed by atoms with Gasteiger partial charge in [0.1, 0.15) is 11.4 Å². The minimum atomic E-state index is -1.46. The van der Waals surface area contributed by atoms with Crippen LogP contribution < -0.4 is 10.0 Å². The average molecular weight is 417 g/mol. The number of nitrogens with zero attached hydrogens (tertiary/aromatic N) is 2. The molecule has 0 radical (unpaired) electrons. The van der Waals surface area contributed by atoms with Gasteiger partial charge in [-0.15, -0.1) is 0 Å². The van der Waals surface area contributed by atoms with Gasteiger partial charge >= 0.3 is 0 Å². The minimum absolute atomic E-state index is 0.450. The van der Waals surface area contributed by atoms with Crippen molar-refractivity contribution in [3.8, 4) is 0 Å². The van der Waals surface area contributed by atoms with E-state index >= 15 is 0 Å². The normalized spacial score (nSPS) is 12.0. The van der Waals surface area contributed by atoms with Crippen molar-refractivity contribution < 1.29 is 4.55 Å². The van der Waals surface area contributed by atoms with Crippen LogP contribution in [-0.2, 0) is 11.4 Å². The van der Waals surface area contributed by atoms with E-state index in [1.807, 2.05) is 70.2 Å². The Morgan fingerprint density at radius 1 is 0.700 bits per heavy atom. The van der Waals surface area contributed by atoms with Gasteiger partial charge in [-0.1, -0.05) is 35.9 Å². The van der Waals surface area contributed by atoms with E-state index in [1.165, 1.54) is 0 Å². The molecule has 2 N–H and O–H groups in total. The lowest BCUT2D eigenvalue weighted by Gasteiger charge is -2.16. The number of nitrogens with one attached hydrogen (secondary N) is 2. The van der Waals surface area contributed by atoms with E-state index in [0.717, 1.165) is 39.0 Å². The summed E-state index contributed by atoms with van der Waals surface area (Å²) in [5, 5.41) is 3.39. The molecule has 0 saturated heterocycles. The van der Waals surface area contributed by atoms with Crippen molar-refractivity contribution >= 4 is 39.7 Å². The largest absolute Gasteiger partial charge is 0.588 e. The van der Waals surface area contributed by atoms with Crippen molar-refractivity contribution in [2.24, 2.45) is 0 Å². The quantitative estimate of drug-likeness (QED) is 0.406. The first kappa shape index (κ1) is 20.2. The minimum Gasteiger partial charge on any atom is -0.588 e. The highest BCUT2D eigenvalue weighted by Crippen LogP contribution is 2.29. The molecule has 0 amide bonds. The van der Waals surface area contributed by atoms with E-state index in [2.05, 4.69) is 28.2 Å². The standard InChI is InChI=1S/C24H24N4OS/c1-15-6-10-19(11-7-15)30(29)28-24-23(26-21-13-16(2)5-9-18(21)4)27-22-14-17(3)8-12-20(22)25-24/h5-14H,1-4H3,(H,25,28)(H,26,27). The molecule has 30 heavy (non-hydrogen) atoms. The lowest BCUT2D eigenvalue weighted by molar-refractivity contribution is 0.600. The zero-order valence-electron chi connectivity index (χ0n) is 17.5. The van der Waals surface area contributed by atoms with Gasteiger partial charge in [-0.05, 0) is 74.7 Å². The van der Waals surface area contributed by atoms with Gasteiger partial charge in [0.15, 0.2) is 10.7 Å². The van der Waals surface area contributed by atoms with Crippen LogP contribution in [0.2, 0.25) is 0 Å². The third-order valence-electron chi connectivity index (χ3n) is 4.89. The third kappa shape index (κ3) is 4.40. The van der Waals surface area contributed by atoms with E-state index in [9.17, 15) is 4.55 Å². The van der Waals surface area contributed by atoms with Gasteiger partial charge in [-0.3, -0.25) is 0 Å². The van der Waals surface area contributed by atoms with Crippen LogP contribution in [0.25, 0.3) is 11.0 Å². The van der Waals surface area contributed by atoms with Crippen molar-refractivity contribution in [2.75, 3.05) is 10.0 Å². The number of hydrogen-bond acceptors (Lipinski definition) is 5. The first-order valence-corrected chi connectivity index (χ1v) is 10.9. The number of rotatable bonds is 5. The summed E-state index contributed by atoms with van der Waals surface area (Å²) < 4.78 is 16.0. The fourth-order valence-corrected chi connectivity index (χ4v) is 3.95. The first-order chi connectivity index (χ1) is 14.4. The summed E-state index contributed by atoms with van der Waals surface area (Å²) in [5.41, 5.74) is 6.94. The predicted octanol–water partition coefficient (Wildman–Crippen LogP) is 5.74. The summed E-state index contributed by atoms with van der Waals surface area (Å²) in [6.07, 6.45) is 0. The summed E-state index contributed by atoms with van der Waals surface area (Å²) in [7, 11) is 0. The Bertz CT molecular complexity index is 1210. The average Bonchev–Trinajstić information content (AvgIpc) is 2.71. The van der Waals surface area contributed by atoms with E-state index in [-0.39, 0.29) is 0 Å². The molecule has 1 atom stereocenters. The number of aryl methyl sites for hydroxylation is 4. The molecule has 0 aliphatic rings. The molecule has 0 aliphatic carbocycles. The van der Waals surface area contributed by atoms with E-state index in [1.54, 1.807) is 0 Å². The van der Waals surface area contributed by atoms with Crippen molar-refractivity contribution in [3.63, 3.8) is 0 Å². The molecule has 4 aromatic rings. The summed E-state index contributed by atoms with van der Waals surface area (Å²) in [4.78, 5) is 10.2. The molecule has 0 saturated carbocycles. The monoisotopic (exact) mass is 416 g/mol. The van der Waals surface area contributed by atoms with Crippen LogP contribution >= 0.6 is 0 Å². The number of fused-ring (bicyclic) bond motifs is 1. The van der Waals surface area contributed by atoms with Crippen LogP contribution in [0.3, 0.4) is 0 Å². The lowest BCUT2D eigenvalue weighted by Crippen LogP contribution is -2.16. The fraction of sp³-hybridized carbons (Fsp3) is 0.167. The number of benzene rings is 3. The lowest BCUT2D eigenvalue weighted by atomic mass is 10.1. The van der Waals surface area contributed by atoms with Crippen LogP contribution in [0.4, 0.5) is 17.3 Å².